The number of nitrogens with two attached hydrogens (primary N) is 1. The minimum Gasteiger partial charge on any atom is -0.368 e. The molecule has 13 heteroatoms. The summed E-state index contributed by atoms with van der Waals surface area (Å²) in [4.78, 5) is 38.9. The zero-order valence-electron chi connectivity index (χ0n) is 22.4. The van der Waals surface area contributed by atoms with Crippen LogP contribution in [0.1, 0.15) is 57.6 Å². The van der Waals surface area contributed by atoms with E-state index >= 15 is 0 Å². The summed E-state index contributed by atoms with van der Waals surface area (Å²) in [6.45, 7) is 3.79. The number of nitrogens with one attached hydrogen (secondary N) is 2. The van der Waals surface area contributed by atoms with E-state index in [2.05, 4.69) is 32.3 Å². The molecule has 0 spiro atoms. The second kappa shape index (κ2) is 13.6. The van der Waals surface area contributed by atoms with Gasteiger partial charge in [0.2, 0.25) is 11.9 Å². The van der Waals surface area contributed by atoms with Gasteiger partial charge in [-0.25, -0.2) is 20.4 Å². The minimum atomic E-state index is -0.743. The molecule has 12 nitrogen and oxygen atoms in total. The molecule has 1 aliphatic rings. The number of pyridine rings is 1. The molecule has 1 unspecified atom stereocenters. The number of primary amides is 1. The molecule has 1 aliphatic heterocycles. The van der Waals surface area contributed by atoms with Gasteiger partial charge in [0.25, 0.3) is 5.91 Å². The van der Waals surface area contributed by atoms with Crippen LogP contribution < -0.4 is 21.4 Å². The predicted octanol–water partition coefficient (Wildman–Crippen LogP) is 2.94. The number of nitriles is 2. The molecule has 0 saturated carbocycles. The van der Waals surface area contributed by atoms with E-state index in [9.17, 15) is 20.1 Å². The normalized spacial score (nSPS) is 14.0. The quantitative estimate of drug-likeness (QED) is 0.159. The Morgan fingerprint density at radius 3 is 2.37 bits per heavy atom. The van der Waals surface area contributed by atoms with Crippen LogP contribution in [0.4, 0.5) is 11.8 Å². The van der Waals surface area contributed by atoms with Crippen molar-refractivity contribution < 1.29 is 14.8 Å². The lowest BCUT2D eigenvalue weighted by Gasteiger charge is -2.34. The molecule has 2 aromatic heterocycles. The van der Waals surface area contributed by atoms with Crippen molar-refractivity contribution in [2.75, 3.05) is 29.9 Å². The molecule has 1 aromatic carbocycles. The number of anilines is 2. The van der Waals surface area contributed by atoms with E-state index in [1.807, 2.05) is 37.3 Å². The van der Waals surface area contributed by atoms with Crippen LogP contribution in [-0.4, -0.2) is 51.6 Å². The van der Waals surface area contributed by atoms with Crippen LogP contribution in [0, 0.1) is 28.6 Å². The van der Waals surface area contributed by atoms with Crippen LogP contribution in [0.2, 0.25) is 0 Å². The molecular weight excluding hydrogens is 542 g/mol. The first-order valence-corrected chi connectivity index (χ1v) is 13.9. The van der Waals surface area contributed by atoms with Crippen LogP contribution in [-0.2, 0) is 11.2 Å². The standard InChI is InChI=1S/C28H29N9O3S/c1-2-20-21(12-29)25(35-27(22(20)13-30)41-23(24(31)38)18-6-4-3-5-7-18)37-10-8-17(9-11-37)14-32-28-33-15-19(16-34-28)26(39)36-40/h3-7,15-17,23,40H,2,8-11,14H2,1H3,(H2,31,38)(H,36,39)(H,32,33,34). The molecule has 2 amide bonds. The molecule has 4 rings (SSSR count). The number of aromatic nitrogens is 3. The lowest BCUT2D eigenvalue weighted by Crippen LogP contribution is -2.37. The molecule has 1 saturated heterocycles. The van der Waals surface area contributed by atoms with Crippen molar-refractivity contribution in [3.8, 4) is 12.1 Å². The Labute approximate surface area is 241 Å². The fourth-order valence-electron chi connectivity index (χ4n) is 4.71. The van der Waals surface area contributed by atoms with Gasteiger partial charge < -0.3 is 16.0 Å². The number of piperidine rings is 1. The van der Waals surface area contributed by atoms with Crippen LogP contribution in [0.15, 0.2) is 47.8 Å². The highest BCUT2D eigenvalue weighted by molar-refractivity contribution is 8.00. The van der Waals surface area contributed by atoms with Crippen molar-refractivity contribution in [2.45, 2.75) is 36.5 Å². The third-order valence-corrected chi connectivity index (χ3v) is 8.15. The van der Waals surface area contributed by atoms with E-state index < -0.39 is 17.1 Å². The number of hydroxylamine groups is 1. The third kappa shape index (κ3) is 6.72. The average molecular weight is 572 g/mol. The second-order valence-corrected chi connectivity index (χ2v) is 10.5. The van der Waals surface area contributed by atoms with Gasteiger partial charge in [0, 0.05) is 32.0 Å². The maximum absolute atomic E-state index is 12.4. The van der Waals surface area contributed by atoms with Crippen LogP contribution in [0.25, 0.3) is 0 Å². The highest BCUT2D eigenvalue weighted by Crippen LogP contribution is 2.40. The van der Waals surface area contributed by atoms with E-state index in [1.165, 1.54) is 12.4 Å². The summed E-state index contributed by atoms with van der Waals surface area (Å²) in [5.74, 6) is -0.0424. The predicted molar refractivity (Wildman–Crippen MR) is 152 cm³/mol. The molecule has 5 N–H and O–H groups in total. The Kier molecular flexibility index (Phi) is 9.68. The number of benzene rings is 1. The molecule has 1 atom stereocenters. The monoisotopic (exact) mass is 571 g/mol. The van der Waals surface area contributed by atoms with Crippen molar-refractivity contribution in [3.63, 3.8) is 0 Å². The Hall–Kier alpha value is -4.72. The summed E-state index contributed by atoms with van der Waals surface area (Å²) in [5, 5.41) is 31.6. The zero-order valence-corrected chi connectivity index (χ0v) is 23.2. The summed E-state index contributed by atoms with van der Waals surface area (Å²) < 4.78 is 0. The highest BCUT2D eigenvalue weighted by atomic mass is 32.2. The molecule has 3 heterocycles. The smallest absolute Gasteiger partial charge is 0.277 e. The molecule has 41 heavy (non-hydrogen) atoms. The van der Waals surface area contributed by atoms with Crippen molar-refractivity contribution in [2.24, 2.45) is 11.7 Å². The van der Waals surface area contributed by atoms with Gasteiger partial charge in [0.05, 0.1) is 16.7 Å². The first-order valence-electron chi connectivity index (χ1n) is 13.0. The van der Waals surface area contributed by atoms with Gasteiger partial charge in [-0.1, -0.05) is 49.0 Å². The van der Waals surface area contributed by atoms with E-state index in [4.69, 9.17) is 15.9 Å². The van der Waals surface area contributed by atoms with Crippen molar-refractivity contribution in [1.82, 2.24) is 20.4 Å². The Morgan fingerprint density at radius 1 is 1.15 bits per heavy atom. The third-order valence-electron chi connectivity index (χ3n) is 6.89. The van der Waals surface area contributed by atoms with Gasteiger partial charge in [0.1, 0.15) is 28.2 Å². The zero-order chi connectivity index (χ0) is 29.4. The number of rotatable bonds is 10. The summed E-state index contributed by atoms with van der Waals surface area (Å²) in [6.07, 6.45) is 4.72. The van der Waals surface area contributed by atoms with E-state index in [0.29, 0.717) is 71.0 Å². The van der Waals surface area contributed by atoms with E-state index in [0.717, 1.165) is 24.6 Å². The summed E-state index contributed by atoms with van der Waals surface area (Å²) >= 11 is 1.13. The van der Waals surface area contributed by atoms with Gasteiger partial charge >= 0.3 is 0 Å². The van der Waals surface area contributed by atoms with Gasteiger partial charge in [-0.3, -0.25) is 14.8 Å². The molecule has 0 bridgehead atoms. The fourth-order valence-corrected chi connectivity index (χ4v) is 5.77. The molecule has 0 radical (unpaired) electrons. The molecule has 3 aromatic rings. The summed E-state index contributed by atoms with van der Waals surface area (Å²) in [6, 6.07) is 13.6. The number of nitrogens with zero attached hydrogens (tertiary/aromatic N) is 6. The first kappa shape index (κ1) is 29.3. The van der Waals surface area contributed by atoms with Crippen LogP contribution in [0.5, 0.6) is 0 Å². The van der Waals surface area contributed by atoms with Crippen molar-refractivity contribution in [1.29, 1.82) is 10.5 Å². The van der Waals surface area contributed by atoms with Crippen LogP contribution in [0.3, 0.4) is 0 Å². The second-order valence-electron chi connectivity index (χ2n) is 9.40. The lowest BCUT2D eigenvalue weighted by molar-refractivity contribution is -0.117. The molecular formula is C28H29N9O3S. The maximum atomic E-state index is 12.4. The first-order chi connectivity index (χ1) is 19.9. The van der Waals surface area contributed by atoms with Gasteiger partial charge in [0.15, 0.2) is 0 Å². The van der Waals surface area contributed by atoms with Crippen molar-refractivity contribution in [3.05, 3.63) is 70.5 Å². The average Bonchev–Trinajstić information content (AvgIpc) is 3.02. The number of thioether (sulfide) groups is 1. The van der Waals surface area contributed by atoms with Crippen molar-refractivity contribution >= 4 is 35.3 Å². The Morgan fingerprint density at radius 2 is 1.80 bits per heavy atom. The molecule has 210 valence electrons. The minimum absolute atomic E-state index is 0.143. The van der Waals surface area contributed by atoms with Gasteiger partial charge in [-0.05, 0) is 36.3 Å². The summed E-state index contributed by atoms with van der Waals surface area (Å²) in [7, 11) is 0. The van der Waals surface area contributed by atoms with Gasteiger partial charge in [-0.15, -0.1) is 0 Å². The number of amides is 2. The summed E-state index contributed by atoms with van der Waals surface area (Å²) in [5.41, 5.74) is 9.43. The van der Waals surface area contributed by atoms with Crippen LogP contribution >= 0.6 is 11.8 Å². The largest absolute Gasteiger partial charge is 0.368 e. The number of hydrogen-bond acceptors (Lipinski definition) is 11. The molecule has 1 fully saturated rings. The topological polar surface area (TPSA) is 194 Å². The number of carbonyl (C=O) groups is 2. The molecule has 0 aliphatic carbocycles. The SMILES string of the molecule is CCc1c(C#N)c(SC(C(N)=O)c2ccccc2)nc(N2CCC(CNc3ncc(C(=O)NO)cn3)CC2)c1C#N. The highest BCUT2D eigenvalue weighted by Gasteiger charge is 2.29. The maximum Gasteiger partial charge on any atom is 0.277 e. The lowest BCUT2D eigenvalue weighted by atomic mass is 9.95. The van der Waals surface area contributed by atoms with E-state index in [1.54, 1.807) is 5.48 Å². The number of carbonyl (C=O) groups excluding carboxylic acids is 2. The van der Waals surface area contributed by atoms with Gasteiger partial charge in [-0.2, -0.15) is 10.5 Å². The van der Waals surface area contributed by atoms with E-state index in [-0.39, 0.29) is 5.56 Å². The fraction of sp³-hybridized carbons (Fsp3) is 0.321. The Bertz CT molecular complexity index is 1480. The number of hydrogen-bond donors (Lipinski definition) is 4. The Balaban J connectivity index is 1.52.